The molecule has 2 aromatic rings. The van der Waals surface area contributed by atoms with Crippen molar-refractivity contribution in [2.45, 2.75) is 23.6 Å². The molecule has 124 valence electrons. The van der Waals surface area contributed by atoms with Gasteiger partial charge < -0.3 is 9.47 Å². The van der Waals surface area contributed by atoms with Gasteiger partial charge in [-0.3, -0.25) is 0 Å². The Kier molecular flexibility index (Phi) is 5.72. The first-order chi connectivity index (χ1) is 10.8. The number of ether oxygens (including phenoxy) is 2. The van der Waals surface area contributed by atoms with Crippen molar-refractivity contribution >= 4 is 34.8 Å². The van der Waals surface area contributed by atoms with Gasteiger partial charge in [-0.1, -0.05) is 71.2 Å². The normalized spacial score (nSPS) is 12.8. The van der Waals surface area contributed by atoms with Crippen LogP contribution in [0.25, 0.3) is 0 Å². The van der Waals surface area contributed by atoms with E-state index in [1.807, 2.05) is 50.2 Å². The summed E-state index contributed by atoms with van der Waals surface area (Å²) in [7, 11) is 3.21. The van der Waals surface area contributed by atoms with Crippen molar-refractivity contribution in [3.05, 3.63) is 58.7 Å². The first-order valence-corrected chi connectivity index (χ1v) is 8.28. The van der Waals surface area contributed by atoms with Gasteiger partial charge in [-0.25, -0.2) is 0 Å². The first kappa shape index (κ1) is 18.3. The average Bonchev–Trinajstić information content (AvgIpc) is 2.50. The Morgan fingerprint density at radius 2 is 1.48 bits per heavy atom. The Labute approximate surface area is 152 Å². The van der Waals surface area contributed by atoms with Gasteiger partial charge in [0.05, 0.1) is 20.1 Å². The van der Waals surface area contributed by atoms with Gasteiger partial charge in [0.1, 0.15) is 0 Å². The topological polar surface area (TPSA) is 18.5 Å². The van der Waals surface area contributed by atoms with E-state index in [2.05, 4.69) is 0 Å². The Hall–Kier alpha value is -1.09. The lowest BCUT2D eigenvalue weighted by atomic mass is 9.89. The molecule has 0 saturated carbocycles. The van der Waals surface area contributed by atoms with Crippen LogP contribution < -0.4 is 9.47 Å². The molecule has 2 aromatic carbocycles. The molecular weight excluding hydrogens is 355 g/mol. The van der Waals surface area contributed by atoms with Crippen molar-refractivity contribution in [2.24, 2.45) is 0 Å². The molecule has 0 fully saturated rings. The fourth-order valence-electron chi connectivity index (χ4n) is 2.75. The maximum absolute atomic E-state index is 6.32. The number of methoxy groups -OCH3 is 2. The van der Waals surface area contributed by atoms with E-state index in [0.29, 0.717) is 11.5 Å². The third-order valence-corrected chi connectivity index (χ3v) is 4.61. The molecule has 2 rings (SSSR count). The summed E-state index contributed by atoms with van der Waals surface area (Å²) in [6.07, 6.45) is 0. The fourth-order valence-corrected chi connectivity index (χ4v) is 3.48. The monoisotopic (exact) mass is 372 g/mol. The van der Waals surface area contributed by atoms with E-state index in [1.54, 1.807) is 14.2 Å². The Bertz CT molecular complexity index is 679. The van der Waals surface area contributed by atoms with Crippen molar-refractivity contribution in [3.8, 4) is 11.5 Å². The maximum Gasteiger partial charge on any atom is 0.201 e. The number of hydrogen-bond donors (Lipinski definition) is 0. The Morgan fingerprint density at radius 1 is 0.913 bits per heavy atom. The van der Waals surface area contributed by atoms with Crippen molar-refractivity contribution in [1.82, 2.24) is 0 Å². The second kappa shape index (κ2) is 7.21. The molecular formula is C18H19Cl3O2. The summed E-state index contributed by atoms with van der Waals surface area (Å²) in [5.41, 5.74) is 3.74. The number of aryl methyl sites for hydroxylation is 1. The molecule has 0 bridgehead atoms. The van der Waals surface area contributed by atoms with E-state index in [0.717, 1.165) is 22.3 Å². The summed E-state index contributed by atoms with van der Waals surface area (Å²) in [4.78, 5) is 0. The molecule has 1 unspecified atom stereocenters. The van der Waals surface area contributed by atoms with Crippen molar-refractivity contribution in [3.63, 3.8) is 0 Å². The van der Waals surface area contributed by atoms with Crippen LogP contribution in [-0.2, 0) is 0 Å². The predicted molar refractivity (Wildman–Crippen MR) is 97.6 cm³/mol. The van der Waals surface area contributed by atoms with E-state index in [1.165, 1.54) is 0 Å². The summed E-state index contributed by atoms with van der Waals surface area (Å²) >= 11 is 19.0. The Morgan fingerprint density at radius 3 is 1.96 bits per heavy atom. The minimum absolute atomic E-state index is 0.475. The van der Waals surface area contributed by atoms with E-state index >= 15 is 0 Å². The maximum atomic E-state index is 6.32. The second-order valence-electron chi connectivity index (χ2n) is 5.36. The zero-order valence-electron chi connectivity index (χ0n) is 13.5. The molecule has 0 saturated heterocycles. The molecule has 0 amide bonds. The SMILES string of the molecule is COc1c(C(c2ccccc2)C(Cl)(Cl)Cl)cc(C)c(C)c1OC. The van der Waals surface area contributed by atoms with Crippen molar-refractivity contribution in [1.29, 1.82) is 0 Å². The molecule has 0 spiro atoms. The van der Waals surface area contributed by atoms with E-state index in [9.17, 15) is 0 Å². The van der Waals surface area contributed by atoms with Crippen LogP contribution in [0.15, 0.2) is 36.4 Å². The molecule has 0 heterocycles. The molecule has 0 aromatic heterocycles. The standard InChI is InChI=1S/C18H19Cl3O2/c1-11-10-14(17(23-4)16(22-3)12(11)2)15(18(19,20)21)13-8-6-5-7-9-13/h5-10,15H,1-4H3. The lowest BCUT2D eigenvalue weighted by molar-refractivity contribution is 0.348. The molecule has 0 aliphatic rings. The van der Waals surface area contributed by atoms with Gasteiger partial charge in [-0.15, -0.1) is 0 Å². The highest BCUT2D eigenvalue weighted by atomic mass is 35.6. The van der Waals surface area contributed by atoms with Crippen molar-refractivity contribution < 1.29 is 9.47 Å². The quantitative estimate of drug-likeness (QED) is 0.628. The van der Waals surface area contributed by atoms with Gasteiger partial charge in [-0.2, -0.15) is 0 Å². The average molecular weight is 374 g/mol. The minimum atomic E-state index is -1.53. The predicted octanol–water partition coefficient (Wildman–Crippen LogP) is 5.82. The summed E-state index contributed by atoms with van der Waals surface area (Å²) in [5, 5.41) is 0. The lowest BCUT2D eigenvalue weighted by Crippen LogP contribution is -2.20. The minimum Gasteiger partial charge on any atom is -0.493 e. The van der Waals surface area contributed by atoms with Crippen LogP contribution in [0.5, 0.6) is 11.5 Å². The third kappa shape index (κ3) is 3.71. The number of hydrogen-bond acceptors (Lipinski definition) is 2. The van der Waals surface area contributed by atoms with E-state index in [4.69, 9.17) is 44.3 Å². The smallest absolute Gasteiger partial charge is 0.201 e. The van der Waals surface area contributed by atoms with Gasteiger partial charge in [0.2, 0.25) is 3.79 Å². The highest BCUT2D eigenvalue weighted by Crippen LogP contribution is 2.51. The molecule has 0 aliphatic carbocycles. The van der Waals surface area contributed by atoms with Crippen LogP contribution in [0.3, 0.4) is 0 Å². The highest BCUT2D eigenvalue weighted by molar-refractivity contribution is 6.68. The number of benzene rings is 2. The fraction of sp³-hybridized carbons (Fsp3) is 0.333. The summed E-state index contributed by atoms with van der Waals surface area (Å²) in [6, 6.07) is 11.6. The van der Waals surface area contributed by atoms with Crippen molar-refractivity contribution in [2.75, 3.05) is 14.2 Å². The van der Waals surface area contributed by atoms with E-state index < -0.39 is 9.71 Å². The van der Waals surface area contributed by atoms with Crippen LogP contribution in [0.4, 0.5) is 0 Å². The summed E-state index contributed by atoms with van der Waals surface area (Å²) < 4.78 is 9.61. The summed E-state index contributed by atoms with van der Waals surface area (Å²) in [5.74, 6) is 0.783. The highest BCUT2D eigenvalue weighted by Gasteiger charge is 2.38. The molecule has 5 heteroatoms. The van der Waals surface area contributed by atoms with Gasteiger partial charge in [-0.05, 0) is 30.5 Å². The van der Waals surface area contributed by atoms with Gasteiger partial charge in [0, 0.05) is 5.56 Å². The zero-order chi connectivity index (χ0) is 17.2. The van der Waals surface area contributed by atoms with E-state index in [-0.39, 0.29) is 0 Å². The molecule has 23 heavy (non-hydrogen) atoms. The molecule has 0 aliphatic heterocycles. The third-order valence-electron chi connectivity index (χ3n) is 3.95. The summed E-state index contributed by atoms with van der Waals surface area (Å²) in [6.45, 7) is 3.98. The molecule has 0 radical (unpaired) electrons. The van der Waals surface area contributed by atoms with Crippen LogP contribution in [0, 0.1) is 13.8 Å². The molecule has 1 atom stereocenters. The lowest BCUT2D eigenvalue weighted by Gasteiger charge is -2.28. The largest absolute Gasteiger partial charge is 0.493 e. The van der Waals surface area contributed by atoms with Gasteiger partial charge >= 0.3 is 0 Å². The Balaban J connectivity index is 2.76. The number of halogens is 3. The van der Waals surface area contributed by atoms with Crippen LogP contribution in [0.2, 0.25) is 0 Å². The molecule has 0 N–H and O–H groups in total. The number of alkyl halides is 3. The van der Waals surface area contributed by atoms with Gasteiger partial charge in [0.25, 0.3) is 0 Å². The van der Waals surface area contributed by atoms with Gasteiger partial charge in [0.15, 0.2) is 11.5 Å². The second-order valence-corrected chi connectivity index (χ2v) is 7.73. The zero-order valence-corrected chi connectivity index (χ0v) is 15.8. The van der Waals surface area contributed by atoms with Crippen LogP contribution >= 0.6 is 34.8 Å². The van der Waals surface area contributed by atoms with Crippen LogP contribution in [-0.4, -0.2) is 18.0 Å². The first-order valence-electron chi connectivity index (χ1n) is 7.15. The molecule has 2 nitrogen and oxygen atoms in total. The number of rotatable bonds is 4. The van der Waals surface area contributed by atoms with Crippen LogP contribution in [0.1, 0.15) is 28.2 Å².